The third-order valence-electron chi connectivity index (χ3n) is 7.04. The second-order valence-corrected chi connectivity index (χ2v) is 9.44. The summed E-state index contributed by atoms with van der Waals surface area (Å²) in [5, 5.41) is 12.6. The van der Waals surface area contributed by atoms with Crippen molar-refractivity contribution in [2.24, 2.45) is 17.8 Å². The van der Waals surface area contributed by atoms with Gasteiger partial charge in [-0.3, -0.25) is 4.79 Å². The van der Waals surface area contributed by atoms with Gasteiger partial charge in [0, 0.05) is 35.7 Å². The number of nitrogens with one attached hydrogen (secondary N) is 1. The summed E-state index contributed by atoms with van der Waals surface area (Å²) in [6.07, 6.45) is 11.0. The molecule has 3 aliphatic carbocycles. The summed E-state index contributed by atoms with van der Waals surface area (Å²) in [7, 11) is 0. The van der Waals surface area contributed by atoms with Gasteiger partial charge in [0.2, 0.25) is 0 Å². The Balaban J connectivity index is 1.53. The zero-order chi connectivity index (χ0) is 21.3. The van der Waals surface area contributed by atoms with Crippen LogP contribution in [0.2, 0.25) is 10.0 Å². The van der Waals surface area contributed by atoms with Gasteiger partial charge in [0.05, 0.1) is 27.4 Å². The SMILES string of the molecule is O=C(O)C1C2CCC(CC2)C1n1cc(Cl)c2cnc(-c3c[nH]c4ncc(Cl)cc34)nc21. The maximum Gasteiger partial charge on any atom is 0.308 e. The van der Waals surface area contributed by atoms with E-state index in [2.05, 4.69) is 15.0 Å². The van der Waals surface area contributed by atoms with Crippen molar-refractivity contribution in [2.45, 2.75) is 31.7 Å². The summed E-state index contributed by atoms with van der Waals surface area (Å²) in [5.74, 6) is -0.122. The minimum absolute atomic E-state index is 0.151. The highest BCUT2D eigenvalue weighted by molar-refractivity contribution is 6.35. The van der Waals surface area contributed by atoms with Gasteiger partial charge in [-0.15, -0.1) is 0 Å². The standard InChI is InChI=1S/C22H19Cl2N5O2/c23-12-5-13-14(7-26-19(13)25-6-12)20-27-8-15-16(24)9-29(21(15)28-20)18-11-3-1-10(2-4-11)17(18)22(30)31/h5-11,17-18H,1-4H2,(H,25,26)(H,30,31). The van der Waals surface area contributed by atoms with Crippen LogP contribution >= 0.6 is 23.2 Å². The number of carbonyl (C=O) groups is 1. The Morgan fingerprint density at radius 1 is 1.10 bits per heavy atom. The number of nitrogens with zero attached hydrogens (tertiary/aromatic N) is 4. The smallest absolute Gasteiger partial charge is 0.308 e. The molecule has 3 aliphatic rings. The van der Waals surface area contributed by atoms with Crippen LogP contribution < -0.4 is 0 Å². The quantitative estimate of drug-likeness (QED) is 0.434. The van der Waals surface area contributed by atoms with Gasteiger partial charge in [-0.25, -0.2) is 15.0 Å². The predicted octanol–water partition coefficient (Wildman–Crippen LogP) is 5.34. The molecule has 9 heteroatoms. The van der Waals surface area contributed by atoms with E-state index in [1.165, 1.54) is 0 Å². The largest absolute Gasteiger partial charge is 0.481 e. The number of rotatable bonds is 3. The fourth-order valence-electron chi connectivity index (χ4n) is 5.68. The number of halogens is 2. The molecule has 0 saturated heterocycles. The lowest BCUT2D eigenvalue weighted by Crippen LogP contribution is -2.44. The predicted molar refractivity (Wildman–Crippen MR) is 118 cm³/mol. The van der Waals surface area contributed by atoms with Crippen LogP contribution in [0.3, 0.4) is 0 Å². The fraction of sp³-hybridized carbons (Fsp3) is 0.364. The van der Waals surface area contributed by atoms with Crippen molar-refractivity contribution in [1.82, 2.24) is 24.5 Å². The number of aromatic amines is 1. The molecule has 7 nitrogen and oxygen atoms in total. The monoisotopic (exact) mass is 455 g/mol. The molecule has 0 radical (unpaired) electrons. The minimum Gasteiger partial charge on any atom is -0.481 e. The van der Waals surface area contributed by atoms with Crippen molar-refractivity contribution in [3.05, 3.63) is 40.9 Å². The number of hydrogen-bond donors (Lipinski definition) is 2. The number of pyridine rings is 1. The summed E-state index contributed by atoms with van der Waals surface area (Å²) in [4.78, 5) is 29.0. The van der Waals surface area contributed by atoms with Crippen molar-refractivity contribution in [3.8, 4) is 11.4 Å². The molecule has 2 N–H and O–H groups in total. The summed E-state index contributed by atoms with van der Waals surface area (Å²) in [6.45, 7) is 0. The number of carboxylic acid groups (broad SMARTS) is 1. The van der Waals surface area contributed by atoms with Crippen LogP contribution in [0.25, 0.3) is 33.5 Å². The summed E-state index contributed by atoms with van der Waals surface area (Å²) < 4.78 is 2.00. The third kappa shape index (κ3) is 2.87. The lowest BCUT2D eigenvalue weighted by atomic mass is 9.61. The molecule has 4 aromatic heterocycles. The molecule has 2 atom stereocenters. The van der Waals surface area contributed by atoms with Crippen molar-refractivity contribution in [3.63, 3.8) is 0 Å². The molecule has 3 fully saturated rings. The number of fused-ring (bicyclic) bond motifs is 5. The van der Waals surface area contributed by atoms with Crippen molar-refractivity contribution in [1.29, 1.82) is 0 Å². The Hall–Kier alpha value is -2.64. The Morgan fingerprint density at radius 2 is 1.87 bits per heavy atom. The molecular formula is C22H19Cl2N5O2. The second-order valence-electron chi connectivity index (χ2n) is 8.60. The van der Waals surface area contributed by atoms with Crippen LogP contribution in [-0.4, -0.2) is 35.6 Å². The van der Waals surface area contributed by atoms with E-state index < -0.39 is 11.9 Å². The van der Waals surface area contributed by atoms with Gasteiger partial charge in [0.25, 0.3) is 0 Å². The first-order valence-corrected chi connectivity index (χ1v) is 11.2. The van der Waals surface area contributed by atoms with E-state index in [1.807, 2.05) is 23.0 Å². The molecular weight excluding hydrogens is 437 g/mol. The van der Waals surface area contributed by atoms with E-state index in [-0.39, 0.29) is 12.0 Å². The molecule has 2 unspecified atom stereocenters. The zero-order valence-corrected chi connectivity index (χ0v) is 17.9. The molecule has 3 saturated carbocycles. The Bertz CT molecular complexity index is 1340. The Labute approximate surface area is 187 Å². The van der Waals surface area contributed by atoms with Crippen molar-refractivity contribution >= 4 is 51.2 Å². The first-order valence-electron chi connectivity index (χ1n) is 10.4. The number of carboxylic acids is 1. The maximum absolute atomic E-state index is 12.2. The van der Waals surface area contributed by atoms with Gasteiger partial charge in [0.1, 0.15) is 11.3 Å². The van der Waals surface area contributed by atoms with E-state index in [4.69, 9.17) is 28.2 Å². The molecule has 0 spiro atoms. The lowest BCUT2D eigenvalue weighted by molar-refractivity contribution is -0.151. The third-order valence-corrected chi connectivity index (χ3v) is 7.55. The highest BCUT2D eigenvalue weighted by atomic mass is 35.5. The molecule has 4 heterocycles. The van der Waals surface area contributed by atoms with E-state index in [0.717, 1.165) is 42.0 Å². The number of aliphatic carboxylic acids is 1. The molecule has 4 aromatic rings. The summed E-state index contributed by atoms with van der Waals surface area (Å²) in [6, 6.07) is 1.68. The highest BCUT2D eigenvalue weighted by Gasteiger charge is 2.48. The first-order chi connectivity index (χ1) is 15.0. The molecule has 0 aromatic carbocycles. The van der Waals surface area contributed by atoms with Crippen LogP contribution in [0.15, 0.2) is 30.9 Å². The molecule has 7 rings (SSSR count). The van der Waals surface area contributed by atoms with Gasteiger partial charge in [0.15, 0.2) is 5.82 Å². The topological polar surface area (TPSA) is 96.7 Å². The van der Waals surface area contributed by atoms with Crippen LogP contribution in [-0.2, 0) is 4.79 Å². The number of H-pyrrole nitrogens is 1. The van der Waals surface area contributed by atoms with E-state index >= 15 is 0 Å². The minimum atomic E-state index is -0.732. The van der Waals surface area contributed by atoms with Crippen LogP contribution in [0.1, 0.15) is 31.7 Å². The number of hydrogen-bond acceptors (Lipinski definition) is 4. The second kappa shape index (κ2) is 6.93. The van der Waals surface area contributed by atoms with Gasteiger partial charge < -0.3 is 14.7 Å². The fourth-order valence-corrected chi connectivity index (χ4v) is 6.07. The van der Waals surface area contributed by atoms with Gasteiger partial charge in [-0.05, 0) is 43.6 Å². The van der Waals surface area contributed by atoms with E-state index in [9.17, 15) is 9.90 Å². The van der Waals surface area contributed by atoms with Crippen molar-refractivity contribution in [2.75, 3.05) is 0 Å². The lowest BCUT2D eigenvalue weighted by Gasteiger charge is -2.47. The normalized spacial score (nSPS) is 25.5. The average Bonchev–Trinajstić information content (AvgIpc) is 3.34. The molecule has 0 amide bonds. The van der Waals surface area contributed by atoms with Gasteiger partial charge in [-0.2, -0.15) is 0 Å². The molecule has 31 heavy (non-hydrogen) atoms. The molecule has 0 aliphatic heterocycles. The van der Waals surface area contributed by atoms with E-state index in [0.29, 0.717) is 33.1 Å². The van der Waals surface area contributed by atoms with Crippen LogP contribution in [0.4, 0.5) is 0 Å². The van der Waals surface area contributed by atoms with E-state index in [1.54, 1.807) is 12.4 Å². The summed E-state index contributed by atoms with van der Waals surface area (Å²) in [5.41, 5.74) is 2.16. The van der Waals surface area contributed by atoms with Crippen LogP contribution in [0.5, 0.6) is 0 Å². The average molecular weight is 456 g/mol. The maximum atomic E-state index is 12.2. The van der Waals surface area contributed by atoms with Gasteiger partial charge in [-0.1, -0.05) is 23.2 Å². The first kappa shape index (κ1) is 19.1. The Morgan fingerprint density at radius 3 is 2.65 bits per heavy atom. The van der Waals surface area contributed by atoms with Gasteiger partial charge >= 0.3 is 5.97 Å². The van der Waals surface area contributed by atoms with Crippen molar-refractivity contribution < 1.29 is 9.90 Å². The zero-order valence-electron chi connectivity index (χ0n) is 16.4. The molecule has 2 bridgehead atoms. The van der Waals surface area contributed by atoms with Crippen LogP contribution in [0, 0.1) is 17.8 Å². The molecule has 158 valence electrons. The highest BCUT2D eigenvalue weighted by Crippen LogP contribution is 2.52. The Kier molecular flexibility index (Phi) is 4.27. The number of aromatic nitrogens is 5. The summed E-state index contributed by atoms with van der Waals surface area (Å²) >= 11 is 12.7.